The Kier molecular flexibility index (Phi) is 4.66. The normalized spacial score (nSPS) is 15.3. The van der Waals surface area contributed by atoms with Gasteiger partial charge in [0.15, 0.2) is 11.5 Å². The van der Waals surface area contributed by atoms with Gasteiger partial charge >= 0.3 is 0 Å². The first-order valence-electron chi connectivity index (χ1n) is 6.89. The van der Waals surface area contributed by atoms with Gasteiger partial charge in [-0.25, -0.2) is 0 Å². The molecule has 0 saturated carbocycles. The second-order valence-corrected chi connectivity index (χ2v) is 5.62. The highest BCUT2D eigenvalue weighted by atomic mass is 16.7. The van der Waals surface area contributed by atoms with Gasteiger partial charge in [-0.3, -0.25) is 0 Å². The van der Waals surface area contributed by atoms with Crippen molar-refractivity contribution in [3.8, 4) is 11.5 Å². The Bertz CT molecular complexity index is 421. The van der Waals surface area contributed by atoms with Gasteiger partial charge in [-0.15, -0.1) is 0 Å². The third kappa shape index (κ3) is 3.85. The minimum Gasteiger partial charge on any atom is -0.454 e. The van der Waals surface area contributed by atoms with E-state index in [0.29, 0.717) is 12.7 Å². The van der Waals surface area contributed by atoms with Crippen molar-refractivity contribution in [2.45, 2.75) is 32.9 Å². The lowest BCUT2D eigenvalue weighted by molar-refractivity contribution is 0.174. The molecule has 1 aromatic carbocycles. The second-order valence-electron chi connectivity index (χ2n) is 5.62. The highest BCUT2D eigenvalue weighted by Crippen LogP contribution is 2.32. The molecule has 0 radical (unpaired) electrons. The minimum absolute atomic E-state index is 0.277. The van der Waals surface area contributed by atoms with E-state index in [-0.39, 0.29) is 6.04 Å². The summed E-state index contributed by atoms with van der Waals surface area (Å²) in [6.45, 7) is 6.58. The molecular weight excluding hydrogens is 240 g/mol. The van der Waals surface area contributed by atoms with E-state index in [1.54, 1.807) is 0 Å². The number of nitrogens with zero attached hydrogens (tertiary/aromatic N) is 1. The molecule has 1 aromatic rings. The molecule has 1 atom stereocenters. The van der Waals surface area contributed by atoms with Crippen molar-refractivity contribution >= 4 is 0 Å². The average molecular weight is 264 g/mol. The van der Waals surface area contributed by atoms with Crippen molar-refractivity contribution < 1.29 is 9.47 Å². The van der Waals surface area contributed by atoms with Crippen LogP contribution < -0.4 is 15.2 Å². The summed E-state index contributed by atoms with van der Waals surface area (Å²) in [5.41, 5.74) is 7.31. The number of rotatable bonds is 6. The molecule has 1 aliphatic rings. The summed E-state index contributed by atoms with van der Waals surface area (Å²) >= 11 is 0. The zero-order valence-corrected chi connectivity index (χ0v) is 12.1. The molecule has 2 N–H and O–H groups in total. The van der Waals surface area contributed by atoms with Gasteiger partial charge < -0.3 is 20.1 Å². The van der Waals surface area contributed by atoms with Crippen LogP contribution in [0.25, 0.3) is 0 Å². The smallest absolute Gasteiger partial charge is 0.231 e. The van der Waals surface area contributed by atoms with Crippen LogP contribution in [0.2, 0.25) is 0 Å². The Morgan fingerprint density at radius 2 is 2.00 bits per heavy atom. The Morgan fingerprint density at radius 3 is 2.74 bits per heavy atom. The van der Waals surface area contributed by atoms with E-state index >= 15 is 0 Å². The third-order valence-corrected chi connectivity index (χ3v) is 3.59. The molecule has 1 heterocycles. The predicted molar refractivity (Wildman–Crippen MR) is 76.3 cm³/mol. The van der Waals surface area contributed by atoms with Crippen molar-refractivity contribution in [2.75, 3.05) is 20.4 Å². The van der Waals surface area contributed by atoms with Gasteiger partial charge in [-0.05, 0) is 43.6 Å². The topological polar surface area (TPSA) is 47.7 Å². The molecule has 106 valence electrons. The van der Waals surface area contributed by atoms with Crippen molar-refractivity contribution in [1.29, 1.82) is 0 Å². The highest BCUT2D eigenvalue weighted by molar-refractivity contribution is 5.44. The summed E-state index contributed by atoms with van der Waals surface area (Å²) in [6.07, 6.45) is 1.03. The van der Waals surface area contributed by atoms with Crippen LogP contribution in [0.1, 0.15) is 25.8 Å². The summed E-state index contributed by atoms with van der Waals surface area (Å²) in [4.78, 5) is 2.29. The molecule has 0 aliphatic carbocycles. The molecule has 0 spiro atoms. The number of fused-ring (bicyclic) bond motifs is 1. The number of nitrogens with two attached hydrogens (primary N) is 1. The molecule has 0 bridgehead atoms. The molecular formula is C15H24N2O2. The van der Waals surface area contributed by atoms with Crippen LogP contribution in [0.15, 0.2) is 18.2 Å². The first-order chi connectivity index (χ1) is 9.06. The molecule has 0 amide bonds. The van der Waals surface area contributed by atoms with Crippen molar-refractivity contribution in [3.63, 3.8) is 0 Å². The summed E-state index contributed by atoms with van der Waals surface area (Å²) in [7, 11) is 2.12. The summed E-state index contributed by atoms with van der Waals surface area (Å²) in [5, 5.41) is 0. The number of ether oxygens (including phenoxy) is 2. The molecule has 1 unspecified atom stereocenters. The van der Waals surface area contributed by atoms with E-state index in [0.717, 1.165) is 31.0 Å². The second kappa shape index (κ2) is 6.26. The van der Waals surface area contributed by atoms with E-state index in [1.807, 2.05) is 6.07 Å². The maximum Gasteiger partial charge on any atom is 0.231 e. The monoisotopic (exact) mass is 264 g/mol. The Balaban J connectivity index is 1.83. The van der Waals surface area contributed by atoms with Gasteiger partial charge in [0.05, 0.1) is 0 Å². The molecule has 2 rings (SSSR count). The van der Waals surface area contributed by atoms with Crippen molar-refractivity contribution in [2.24, 2.45) is 11.7 Å². The van der Waals surface area contributed by atoms with E-state index in [4.69, 9.17) is 15.2 Å². The maximum absolute atomic E-state index is 6.07. The molecule has 0 fully saturated rings. The van der Waals surface area contributed by atoms with Crippen LogP contribution in [-0.4, -0.2) is 31.3 Å². The van der Waals surface area contributed by atoms with Crippen LogP contribution in [-0.2, 0) is 6.54 Å². The lowest BCUT2D eigenvalue weighted by Gasteiger charge is -2.21. The van der Waals surface area contributed by atoms with Gasteiger partial charge in [-0.1, -0.05) is 19.9 Å². The SMILES string of the molecule is CC(C)C(N)CCN(C)Cc1ccc2c(c1)OCO2. The summed E-state index contributed by atoms with van der Waals surface area (Å²) in [6, 6.07) is 6.40. The molecule has 1 aliphatic heterocycles. The molecule has 0 aromatic heterocycles. The molecule has 4 heteroatoms. The zero-order chi connectivity index (χ0) is 13.8. The molecule has 4 nitrogen and oxygen atoms in total. The average Bonchev–Trinajstić information content (AvgIpc) is 2.83. The number of hydrogen-bond donors (Lipinski definition) is 1. The first kappa shape index (κ1) is 14.2. The fraction of sp³-hybridized carbons (Fsp3) is 0.600. The van der Waals surface area contributed by atoms with E-state index in [2.05, 4.69) is 37.9 Å². The van der Waals surface area contributed by atoms with Crippen molar-refractivity contribution in [1.82, 2.24) is 4.90 Å². The van der Waals surface area contributed by atoms with E-state index in [9.17, 15) is 0 Å². The predicted octanol–water partition coefficient (Wildman–Crippen LogP) is 2.22. The Morgan fingerprint density at radius 1 is 1.26 bits per heavy atom. The quantitative estimate of drug-likeness (QED) is 0.856. The standard InChI is InChI=1S/C15H24N2O2/c1-11(2)13(16)6-7-17(3)9-12-4-5-14-15(8-12)19-10-18-14/h4-5,8,11,13H,6-7,9-10,16H2,1-3H3. The fourth-order valence-corrected chi connectivity index (χ4v) is 2.13. The summed E-state index contributed by atoms with van der Waals surface area (Å²) < 4.78 is 10.7. The first-order valence-corrected chi connectivity index (χ1v) is 6.89. The summed E-state index contributed by atoms with van der Waals surface area (Å²) in [5.74, 6) is 2.23. The van der Waals surface area contributed by atoms with Crippen LogP contribution in [0.4, 0.5) is 0 Å². The van der Waals surface area contributed by atoms with E-state index in [1.165, 1.54) is 5.56 Å². The Labute approximate surface area is 115 Å². The highest BCUT2D eigenvalue weighted by Gasteiger charge is 2.14. The zero-order valence-electron chi connectivity index (χ0n) is 12.1. The Hall–Kier alpha value is -1.26. The molecule has 0 saturated heterocycles. The van der Waals surface area contributed by atoms with Gasteiger partial charge in [-0.2, -0.15) is 0 Å². The largest absolute Gasteiger partial charge is 0.454 e. The number of benzene rings is 1. The molecule has 19 heavy (non-hydrogen) atoms. The number of hydrogen-bond acceptors (Lipinski definition) is 4. The van der Waals surface area contributed by atoms with Gasteiger partial charge in [0.1, 0.15) is 0 Å². The third-order valence-electron chi connectivity index (χ3n) is 3.59. The maximum atomic E-state index is 6.07. The van der Waals surface area contributed by atoms with Crippen LogP contribution in [0.3, 0.4) is 0 Å². The van der Waals surface area contributed by atoms with Gasteiger partial charge in [0, 0.05) is 12.6 Å². The van der Waals surface area contributed by atoms with Crippen LogP contribution in [0, 0.1) is 5.92 Å². The lowest BCUT2D eigenvalue weighted by atomic mass is 10.0. The van der Waals surface area contributed by atoms with Crippen molar-refractivity contribution in [3.05, 3.63) is 23.8 Å². The minimum atomic E-state index is 0.277. The van der Waals surface area contributed by atoms with Crippen LogP contribution in [0.5, 0.6) is 11.5 Å². The van der Waals surface area contributed by atoms with Gasteiger partial charge in [0.2, 0.25) is 6.79 Å². The van der Waals surface area contributed by atoms with Gasteiger partial charge in [0.25, 0.3) is 0 Å². The lowest BCUT2D eigenvalue weighted by Crippen LogP contribution is -2.31. The van der Waals surface area contributed by atoms with E-state index < -0.39 is 0 Å². The fourth-order valence-electron chi connectivity index (χ4n) is 2.13. The van der Waals surface area contributed by atoms with Crippen LogP contribution >= 0.6 is 0 Å².